The van der Waals surface area contributed by atoms with Crippen LogP contribution in [0.2, 0.25) is 0 Å². The predicted molar refractivity (Wildman–Crippen MR) is 48.3 cm³/mol. The van der Waals surface area contributed by atoms with Crippen LogP contribution in [-0.4, -0.2) is 12.1 Å². The molecule has 1 aromatic carbocycles. The molecule has 0 saturated heterocycles. The summed E-state index contributed by atoms with van der Waals surface area (Å²) >= 11 is 0. The highest BCUT2D eigenvalue weighted by atomic mass is 19.1. The maximum Gasteiger partial charge on any atom is 0.229 e. The number of rotatable bonds is 0. The number of hydrogen-bond acceptors (Lipinski definition) is 3. The molecule has 74 valence electrons. The number of amides is 1. The lowest BCUT2D eigenvalue weighted by atomic mass is 10.3. The highest BCUT2D eigenvalue weighted by molar-refractivity contribution is 5.93. The van der Waals surface area contributed by atoms with Gasteiger partial charge in [0.15, 0.2) is 6.23 Å². The summed E-state index contributed by atoms with van der Waals surface area (Å²) in [5, 5.41) is 2.51. The normalized spacial score (nSPS) is 20.4. The molecule has 0 aromatic heterocycles. The van der Waals surface area contributed by atoms with Crippen LogP contribution in [0.5, 0.6) is 5.75 Å². The van der Waals surface area contributed by atoms with E-state index in [0.29, 0.717) is 11.4 Å². The van der Waals surface area contributed by atoms with Gasteiger partial charge < -0.3 is 10.1 Å². The number of carbonyl (C=O) groups is 1. The minimum absolute atomic E-state index is 0.0658. The molecule has 5 heteroatoms. The lowest BCUT2D eigenvalue weighted by Gasteiger charge is -2.10. The van der Waals surface area contributed by atoms with Crippen LogP contribution < -0.4 is 15.8 Å². The Bertz CT molecular complexity index is 381. The lowest BCUT2D eigenvalue weighted by Crippen LogP contribution is -2.29. The van der Waals surface area contributed by atoms with Gasteiger partial charge in [0, 0.05) is 6.07 Å². The van der Waals surface area contributed by atoms with Gasteiger partial charge in [0.25, 0.3) is 0 Å². The molecule has 0 saturated carbocycles. The lowest BCUT2D eigenvalue weighted by molar-refractivity contribution is -0.117. The number of anilines is 1. The smallest absolute Gasteiger partial charge is 0.229 e. The third-order valence-electron chi connectivity index (χ3n) is 1.88. The molecule has 1 heterocycles. The average Bonchev–Trinajstić information content (AvgIpc) is 2.21. The van der Waals surface area contributed by atoms with E-state index in [1.54, 1.807) is 0 Å². The Morgan fingerprint density at radius 3 is 3.14 bits per heavy atom. The van der Waals surface area contributed by atoms with E-state index >= 15 is 0 Å². The molecule has 1 unspecified atom stereocenters. The third-order valence-corrected chi connectivity index (χ3v) is 1.88. The van der Waals surface area contributed by atoms with E-state index in [-0.39, 0.29) is 12.3 Å². The first-order valence-electron chi connectivity index (χ1n) is 4.17. The topological polar surface area (TPSA) is 64.4 Å². The van der Waals surface area contributed by atoms with Crippen molar-refractivity contribution in [3.63, 3.8) is 0 Å². The molecule has 0 spiro atoms. The number of ether oxygens (including phenoxy) is 1. The Morgan fingerprint density at radius 1 is 1.57 bits per heavy atom. The van der Waals surface area contributed by atoms with E-state index in [0.717, 1.165) is 0 Å². The first kappa shape index (κ1) is 8.96. The summed E-state index contributed by atoms with van der Waals surface area (Å²) in [6, 6.07) is 3.89. The third kappa shape index (κ3) is 1.67. The Labute approximate surface area is 79.9 Å². The molecule has 4 nitrogen and oxygen atoms in total. The minimum Gasteiger partial charge on any atom is -0.473 e. The zero-order valence-electron chi connectivity index (χ0n) is 7.29. The summed E-state index contributed by atoms with van der Waals surface area (Å²) in [6.45, 7) is 0. The number of halogens is 1. The minimum atomic E-state index is -0.679. The molecule has 1 atom stereocenters. The molecule has 0 fully saturated rings. The van der Waals surface area contributed by atoms with Crippen molar-refractivity contribution < 1.29 is 13.9 Å². The Kier molecular flexibility index (Phi) is 2.09. The second-order valence-corrected chi connectivity index (χ2v) is 3.05. The van der Waals surface area contributed by atoms with E-state index in [4.69, 9.17) is 10.5 Å². The standard InChI is InChI=1S/C9H9FN2O2/c10-5-1-2-7-6(3-5)12-9(13)4-8(11)14-7/h1-3,8H,4,11H2,(H,12,13). The first-order valence-corrected chi connectivity index (χ1v) is 4.17. The fraction of sp³-hybridized carbons (Fsp3) is 0.222. The molecule has 0 bridgehead atoms. The number of fused-ring (bicyclic) bond motifs is 1. The number of hydrogen-bond donors (Lipinski definition) is 2. The summed E-state index contributed by atoms with van der Waals surface area (Å²) in [4.78, 5) is 11.2. The van der Waals surface area contributed by atoms with Crippen molar-refractivity contribution in [2.75, 3.05) is 5.32 Å². The summed E-state index contributed by atoms with van der Waals surface area (Å²) in [5.74, 6) is -0.310. The molecule has 3 N–H and O–H groups in total. The Hall–Kier alpha value is -1.62. The van der Waals surface area contributed by atoms with Crippen LogP contribution in [0.25, 0.3) is 0 Å². The van der Waals surface area contributed by atoms with Crippen molar-refractivity contribution in [2.45, 2.75) is 12.6 Å². The van der Waals surface area contributed by atoms with Gasteiger partial charge in [-0.2, -0.15) is 0 Å². The highest BCUT2D eigenvalue weighted by Crippen LogP contribution is 2.28. The quantitative estimate of drug-likeness (QED) is 0.646. The van der Waals surface area contributed by atoms with Crippen LogP contribution in [0.4, 0.5) is 10.1 Å². The molecule has 1 aromatic rings. The first-order chi connectivity index (χ1) is 6.65. The van der Waals surface area contributed by atoms with Gasteiger partial charge in [0.05, 0.1) is 12.1 Å². The van der Waals surface area contributed by atoms with Gasteiger partial charge in [0.2, 0.25) is 5.91 Å². The van der Waals surface area contributed by atoms with E-state index in [9.17, 15) is 9.18 Å². The monoisotopic (exact) mass is 196 g/mol. The molecule has 14 heavy (non-hydrogen) atoms. The maximum absolute atomic E-state index is 12.8. The van der Waals surface area contributed by atoms with Crippen molar-refractivity contribution >= 4 is 11.6 Å². The summed E-state index contributed by atoms with van der Waals surface area (Å²) in [5.41, 5.74) is 5.82. The van der Waals surface area contributed by atoms with Crippen LogP contribution in [0, 0.1) is 5.82 Å². The summed E-state index contributed by atoms with van der Waals surface area (Å²) in [6.07, 6.45) is -0.613. The highest BCUT2D eigenvalue weighted by Gasteiger charge is 2.19. The molecule has 1 amide bonds. The van der Waals surface area contributed by atoms with Crippen molar-refractivity contribution in [3.8, 4) is 5.75 Å². The molecule has 0 radical (unpaired) electrons. The number of benzene rings is 1. The van der Waals surface area contributed by atoms with Gasteiger partial charge in [-0.3, -0.25) is 10.5 Å². The van der Waals surface area contributed by atoms with Gasteiger partial charge in [0.1, 0.15) is 11.6 Å². The van der Waals surface area contributed by atoms with E-state index < -0.39 is 12.0 Å². The second-order valence-electron chi connectivity index (χ2n) is 3.05. The van der Waals surface area contributed by atoms with Crippen LogP contribution >= 0.6 is 0 Å². The number of carbonyl (C=O) groups excluding carboxylic acids is 1. The summed E-state index contributed by atoms with van der Waals surface area (Å²) < 4.78 is 18.0. The molecule has 2 rings (SSSR count). The SMILES string of the molecule is NC1CC(=O)Nc2cc(F)ccc2O1. The second kappa shape index (κ2) is 3.26. The Balaban J connectivity index is 2.41. The van der Waals surface area contributed by atoms with Crippen molar-refractivity contribution in [1.29, 1.82) is 0 Å². The molecule has 1 aliphatic rings. The number of nitrogens with two attached hydrogens (primary N) is 1. The van der Waals surface area contributed by atoms with Crippen LogP contribution in [0.1, 0.15) is 6.42 Å². The van der Waals surface area contributed by atoms with E-state index in [2.05, 4.69) is 5.32 Å². The number of nitrogens with one attached hydrogen (secondary N) is 1. The van der Waals surface area contributed by atoms with Gasteiger partial charge in [-0.25, -0.2) is 4.39 Å². The van der Waals surface area contributed by atoms with Crippen LogP contribution in [0.15, 0.2) is 18.2 Å². The largest absolute Gasteiger partial charge is 0.473 e. The van der Waals surface area contributed by atoms with Gasteiger partial charge in [-0.05, 0) is 12.1 Å². The van der Waals surface area contributed by atoms with E-state index in [1.807, 2.05) is 0 Å². The van der Waals surface area contributed by atoms with Gasteiger partial charge in [-0.15, -0.1) is 0 Å². The average molecular weight is 196 g/mol. The maximum atomic E-state index is 12.8. The van der Waals surface area contributed by atoms with Crippen molar-refractivity contribution in [2.24, 2.45) is 5.73 Å². The fourth-order valence-corrected chi connectivity index (χ4v) is 1.29. The zero-order chi connectivity index (χ0) is 10.1. The molecule has 1 aliphatic heterocycles. The van der Waals surface area contributed by atoms with Crippen molar-refractivity contribution in [3.05, 3.63) is 24.0 Å². The zero-order valence-corrected chi connectivity index (χ0v) is 7.29. The predicted octanol–water partition coefficient (Wildman–Crippen LogP) is 0.831. The van der Waals surface area contributed by atoms with E-state index in [1.165, 1.54) is 18.2 Å². The van der Waals surface area contributed by atoms with Gasteiger partial charge >= 0.3 is 0 Å². The molecule has 0 aliphatic carbocycles. The van der Waals surface area contributed by atoms with Crippen LogP contribution in [0.3, 0.4) is 0 Å². The fourth-order valence-electron chi connectivity index (χ4n) is 1.29. The molecular formula is C9H9FN2O2. The van der Waals surface area contributed by atoms with Crippen molar-refractivity contribution in [1.82, 2.24) is 0 Å². The Morgan fingerprint density at radius 2 is 2.36 bits per heavy atom. The molecular weight excluding hydrogens is 187 g/mol. The van der Waals surface area contributed by atoms with Crippen LogP contribution in [-0.2, 0) is 4.79 Å². The summed E-state index contributed by atoms with van der Waals surface area (Å²) in [7, 11) is 0. The van der Waals surface area contributed by atoms with Gasteiger partial charge in [-0.1, -0.05) is 0 Å².